The largest absolute Gasteiger partial charge is 0.381 e. The van der Waals surface area contributed by atoms with Crippen molar-refractivity contribution in [1.82, 2.24) is 9.29 Å². The fourth-order valence-corrected chi connectivity index (χ4v) is 4.45. The van der Waals surface area contributed by atoms with E-state index in [1.807, 2.05) is 6.92 Å². The number of rotatable bonds is 3. The predicted octanol–water partition coefficient (Wildman–Crippen LogP) is 1.92. The normalized spacial score (nSPS) is 25.4. The van der Waals surface area contributed by atoms with Crippen LogP contribution in [0.1, 0.15) is 19.8 Å². The zero-order valence-corrected chi connectivity index (χ0v) is 12.5. The third-order valence-corrected chi connectivity index (χ3v) is 5.87. The van der Waals surface area contributed by atoms with E-state index in [2.05, 4.69) is 4.98 Å². The van der Waals surface area contributed by atoms with Crippen molar-refractivity contribution in [2.24, 2.45) is 0 Å². The van der Waals surface area contributed by atoms with Crippen LogP contribution in [0.25, 0.3) is 0 Å². The van der Waals surface area contributed by atoms with Crippen LogP contribution in [0.4, 0.5) is 0 Å². The van der Waals surface area contributed by atoms with Gasteiger partial charge in [-0.2, -0.15) is 4.31 Å². The Kier molecular flexibility index (Phi) is 4.45. The first-order valence-electron chi connectivity index (χ1n) is 6.12. The van der Waals surface area contributed by atoms with E-state index in [-0.39, 0.29) is 22.2 Å². The van der Waals surface area contributed by atoms with Gasteiger partial charge in [-0.05, 0) is 31.9 Å². The molecule has 0 N–H and O–H groups in total. The van der Waals surface area contributed by atoms with Crippen LogP contribution in [-0.4, -0.2) is 43.5 Å². The number of piperidine rings is 1. The molecule has 1 fully saturated rings. The Morgan fingerprint density at radius 2 is 2.26 bits per heavy atom. The first-order valence-corrected chi connectivity index (χ1v) is 7.93. The van der Waals surface area contributed by atoms with Gasteiger partial charge in [0.25, 0.3) is 0 Å². The van der Waals surface area contributed by atoms with Crippen LogP contribution in [0.15, 0.2) is 23.2 Å². The lowest BCUT2D eigenvalue weighted by molar-refractivity contribution is 0.0422. The summed E-state index contributed by atoms with van der Waals surface area (Å²) < 4.78 is 31.9. The summed E-state index contributed by atoms with van der Waals surface area (Å²) in [5, 5.41) is 0.0172. The molecular weight excluding hydrogens is 288 g/mol. The second-order valence-electron chi connectivity index (χ2n) is 4.64. The summed E-state index contributed by atoms with van der Waals surface area (Å²) in [5.74, 6) is 0. The highest BCUT2D eigenvalue weighted by Crippen LogP contribution is 2.28. The number of nitrogens with zero attached hydrogens (tertiary/aromatic N) is 2. The zero-order valence-electron chi connectivity index (χ0n) is 10.9. The van der Waals surface area contributed by atoms with Gasteiger partial charge in [-0.1, -0.05) is 11.6 Å². The number of halogens is 1. The van der Waals surface area contributed by atoms with Gasteiger partial charge in [0.2, 0.25) is 10.0 Å². The molecule has 1 aromatic heterocycles. The molecule has 0 radical (unpaired) electrons. The van der Waals surface area contributed by atoms with Crippen molar-refractivity contribution in [1.29, 1.82) is 0 Å². The summed E-state index contributed by atoms with van der Waals surface area (Å²) in [4.78, 5) is 3.90. The lowest BCUT2D eigenvalue weighted by atomic mass is 10.0. The van der Waals surface area contributed by atoms with Gasteiger partial charge >= 0.3 is 0 Å². The molecule has 0 aromatic carbocycles. The van der Waals surface area contributed by atoms with Crippen LogP contribution < -0.4 is 0 Å². The van der Waals surface area contributed by atoms with Crippen molar-refractivity contribution in [3.8, 4) is 0 Å². The number of sulfonamides is 1. The van der Waals surface area contributed by atoms with Crippen LogP contribution in [0.5, 0.6) is 0 Å². The summed E-state index contributed by atoms with van der Waals surface area (Å²) in [5.41, 5.74) is 0. The minimum absolute atomic E-state index is 0.0172. The van der Waals surface area contributed by atoms with Gasteiger partial charge in [-0.15, -0.1) is 0 Å². The smallest absolute Gasteiger partial charge is 0.246 e. The number of pyridine rings is 1. The lowest BCUT2D eigenvalue weighted by Crippen LogP contribution is -2.46. The Bertz CT molecular complexity index is 550. The lowest BCUT2D eigenvalue weighted by Gasteiger charge is -2.36. The molecule has 1 aliphatic heterocycles. The van der Waals surface area contributed by atoms with Crippen molar-refractivity contribution >= 4 is 21.6 Å². The highest BCUT2D eigenvalue weighted by atomic mass is 35.5. The molecule has 0 amide bonds. The minimum atomic E-state index is -3.59. The Morgan fingerprint density at radius 3 is 2.84 bits per heavy atom. The molecule has 1 aromatic rings. The predicted molar refractivity (Wildman–Crippen MR) is 72.6 cm³/mol. The molecule has 0 saturated carbocycles. The minimum Gasteiger partial charge on any atom is -0.381 e. The van der Waals surface area contributed by atoms with Crippen molar-refractivity contribution in [3.63, 3.8) is 0 Å². The second-order valence-corrected chi connectivity index (χ2v) is 6.86. The van der Waals surface area contributed by atoms with Crippen LogP contribution in [0.3, 0.4) is 0 Å². The molecule has 19 heavy (non-hydrogen) atoms. The molecule has 0 spiro atoms. The molecule has 1 saturated heterocycles. The molecular formula is C12H17ClN2O3S. The molecule has 1 aliphatic rings. The summed E-state index contributed by atoms with van der Waals surface area (Å²) in [7, 11) is -1.94. The van der Waals surface area contributed by atoms with E-state index in [9.17, 15) is 8.42 Å². The Labute approximate surface area is 118 Å². The summed E-state index contributed by atoms with van der Waals surface area (Å²) in [6, 6.07) is 2.95. The Balaban J connectivity index is 2.29. The Morgan fingerprint density at radius 1 is 1.53 bits per heavy atom. The highest BCUT2D eigenvalue weighted by molar-refractivity contribution is 7.89. The van der Waals surface area contributed by atoms with E-state index in [0.29, 0.717) is 19.4 Å². The number of hydrogen-bond acceptors (Lipinski definition) is 4. The maximum absolute atomic E-state index is 12.6. The standard InChI is InChI=1S/C12H17ClN2O3S/c1-9-8-10(18-2)5-7-15(9)19(16,17)11-4-3-6-14-12(11)13/h3-4,6,9-10H,5,7-8H2,1-2H3. The SMILES string of the molecule is COC1CCN(S(=O)(=O)c2cccnc2Cl)C(C)C1. The van der Waals surface area contributed by atoms with Gasteiger partial charge in [-0.25, -0.2) is 13.4 Å². The molecule has 106 valence electrons. The quantitative estimate of drug-likeness (QED) is 0.801. The molecule has 2 atom stereocenters. The number of ether oxygens (including phenoxy) is 1. The third kappa shape index (κ3) is 2.91. The van der Waals surface area contributed by atoms with E-state index in [1.165, 1.54) is 16.6 Å². The number of methoxy groups -OCH3 is 1. The van der Waals surface area contributed by atoms with Gasteiger partial charge in [0.05, 0.1) is 6.10 Å². The van der Waals surface area contributed by atoms with Crippen LogP contribution in [-0.2, 0) is 14.8 Å². The number of hydrogen-bond donors (Lipinski definition) is 0. The fraction of sp³-hybridized carbons (Fsp3) is 0.583. The van der Waals surface area contributed by atoms with Crippen LogP contribution >= 0.6 is 11.6 Å². The summed E-state index contributed by atoms with van der Waals surface area (Å²) in [6.07, 6.45) is 2.97. The molecule has 0 bridgehead atoms. The summed E-state index contributed by atoms with van der Waals surface area (Å²) >= 11 is 5.89. The van der Waals surface area contributed by atoms with Crippen LogP contribution in [0, 0.1) is 0 Å². The average molecular weight is 305 g/mol. The molecule has 5 nitrogen and oxygen atoms in total. The van der Waals surface area contributed by atoms with E-state index in [1.54, 1.807) is 13.2 Å². The van der Waals surface area contributed by atoms with Gasteiger partial charge < -0.3 is 4.74 Å². The van der Waals surface area contributed by atoms with Gasteiger partial charge in [-0.3, -0.25) is 0 Å². The van der Waals surface area contributed by atoms with Crippen molar-refractivity contribution in [2.75, 3.05) is 13.7 Å². The van der Waals surface area contributed by atoms with Crippen molar-refractivity contribution in [3.05, 3.63) is 23.5 Å². The van der Waals surface area contributed by atoms with Crippen molar-refractivity contribution < 1.29 is 13.2 Å². The van der Waals surface area contributed by atoms with Gasteiger partial charge in [0.15, 0.2) is 0 Å². The van der Waals surface area contributed by atoms with E-state index in [4.69, 9.17) is 16.3 Å². The summed E-state index contributed by atoms with van der Waals surface area (Å²) in [6.45, 7) is 2.32. The highest BCUT2D eigenvalue weighted by Gasteiger charge is 2.35. The van der Waals surface area contributed by atoms with Crippen LogP contribution in [0.2, 0.25) is 5.15 Å². The molecule has 2 unspecified atom stereocenters. The third-order valence-electron chi connectivity index (χ3n) is 3.41. The zero-order chi connectivity index (χ0) is 14.0. The van der Waals surface area contributed by atoms with E-state index >= 15 is 0 Å². The maximum atomic E-state index is 12.6. The molecule has 7 heteroatoms. The first-order chi connectivity index (χ1) is 8.96. The van der Waals surface area contributed by atoms with Gasteiger partial charge in [0, 0.05) is 25.9 Å². The number of aromatic nitrogens is 1. The van der Waals surface area contributed by atoms with Crippen molar-refractivity contribution in [2.45, 2.75) is 36.8 Å². The monoisotopic (exact) mass is 304 g/mol. The average Bonchev–Trinajstić information content (AvgIpc) is 2.38. The second kappa shape index (κ2) is 5.75. The fourth-order valence-electron chi connectivity index (χ4n) is 2.37. The molecule has 2 rings (SSSR count). The maximum Gasteiger partial charge on any atom is 0.246 e. The topological polar surface area (TPSA) is 59.5 Å². The van der Waals surface area contributed by atoms with E-state index in [0.717, 1.165) is 0 Å². The first kappa shape index (κ1) is 14.7. The van der Waals surface area contributed by atoms with Gasteiger partial charge in [0.1, 0.15) is 10.0 Å². The Hall–Kier alpha value is -0.690. The molecule has 2 heterocycles. The molecule has 0 aliphatic carbocycles. The van der Waals surface area contributed by atoms with E-state index < -0.39 is 10.0 Å².